The van der Waals surface area contributed by atoms with Crippen LogP contribution in [0.3, 0.4) is 0 Å². The van der Waals surface area contributed by atoms with Gasteiger partial charge in [0.25, 0.3) is 11.6 Å². The van der Waals surface area contributed by atoms with Gasteiger partial charge < -0.3 is 10.6 Å². The van der Waals surface area contributed by atoms with Crippen molar-refractivity contribution in [2.45, 2.75) is 0 Å². The van der Waals surface area contributed by atoms with Crippen LogP contribution in [0.25, 0.3) is 0 Å². The van der Waals surface area contributed by atoms with Crippen molar-refractivity contribution in [2.75, 3.05) is 17.7 Å². The summed E-state index contributed by atoms with van der Waals surface area (Å²) in [6.45, 7) is 0. The molecular formula is C14H12ClN3O3. The lowest BCUT2D eigenvalue weighted by Gasteiger charge is -2.09. The molecular weight excluding hydrogens is 294 g/mol. The zero-order valence-electron chi connectivity index (χ0n) is 11.1. The van der Waals surface area contributed by atoms with E-state index in [0.29, 0.717) is 5.69 Å². The maximum atomic E-state index is 12.1. The fourth-order valence-electron chi connectivity index (χ4n) is 1.84. The summed E-state index contributed by atoms with van der Waals surface area (Å²) in [5.74, 6) is -0.464. The highest BCUT2D eigenvalue weighted by atomic mass is 35.5. The number of nitro groups is 1. The highest BCUT2D eigenvalue weighted by molar-refractivity contribution is 6.34. The van der Waals surface area contributed by atoms with Gasteiger partial charge in [0.15, 0.2) is 0 Å². The highest BCUT2D eigenvalue weighted by Gasteiger charge is 2.20. The van der Waals surface area contributed by atoms with Crippen molar-refractivity contribution < 1.29 is 9.72 Å². The molecule has 0 saturated carbocycles. The minimum Gasteiger partial charge on any atom is -0.381 e. The van der Waals surface area contributed by atoms with Gasteiger partial charge in [-0.3, -0.25) is 14.9 Å². The molecule has 0 spiro atoms. The largest absolute Gasteiger partial charge is 0.381 e. The van der Waals surface area contributed by atoms with Crippen LogP contribution in [0.2, 0.25) is 5.02 Å². The first kappa shape index (κ1) is 14.8. The van der Waals surface area contributed by atoms with Crippen LogP contribution in [0.1, 0.15) is 10.4 Å². The number of nitrogens with one attached hydrogen (secondary N) is 2. The Labute approximate surface area is 125 Å². The van der Waals surface area contributed by atoms with Gasteiger partial charge in [0.05, 0.1) is 9.95 Å². The van der Waals surface area contributed by atoms with Gasteiger partial charge in [0, 0.05) is 24.4 Å². The molecule has 2 aromatic carbocycles. The number of carbonyl (C=O) groups is 1. The third-order valence-electron chi connectivity index (χ3n) is 2.81. The second-order valence-corrected chi connectivity index (χ2v) is 4.59. The first-order valence-electron chi connectivity index (χ1n) is 6.05. The summed E-state index contributed by atoms with van der Waals surface area (Å²) in [5.41, 5.74) is 0.648. The maximum absolute atomic E-state index is 12.1. The molecule has 2 aromatic rings. The normalized spacial score (nSPS) is 10.0. The van der Waals surface area contributed by atoms with Crippen LogP contribution < -0.4 is 10.6 Å². The predicted molar refractivity (Wildman–Crippen MR) is 82.0 cm³/mol. The number of nitrogens with zero attached hydrogens (tertiary/aromatic N) is 1. The molecule has 2 N–H and O–H groups in total. The van der Waals surface area contributed by atoms with Crippen LogP contribution in [0.4, 0.5) is 17.1 Å². The van der Waals surface area contributed by atoms with Gasteiger partial charge in [-0.2, -0.15) is 0 Å². The number of halogens is 1. The Morgan fingerprint density at radius 2 is 1.90 bits per heavy atom. The average Bonchev–Trinajstić information content (AvgIpc) is 2.47. The van der Waals surface area contributed by atoms with E-state index in [1.54, 1.807) is 24.3 Å². The number of carbonyl (C=O) groups excluding carboxylic acids is 1. The van der Waals surface area contributed by atoms with Gasteiger partial charge >= 0.3 is 0 Å². The summed E-state index contributed by atoms with van der Waals surface area (Å²) in [6, 6.07) is 11.4. The van der Waals surface area contributed by atoms with Crippen LogP contribution in [0.5, 0.6) is 0 Å². The molecule has 0 atom stereocenters. The van der Waals surface area contributed by atoms with E-state index in [1.807, 2.05) is 6.07 Å². The quantitative estimate of drug-likeness (QED) is 0.668. The van der Waals surface area contributed by atoms with Crippen molar-refractivity contribution >= 4 is 34.6 Å². The molecule has 0 unspecified atom stereocenters. The SMILES string of the molecule is CNc1c(Cl)cc(C(=O)Nc2ccccc2)cc1[N+](=O)[O-]. The molecule has 6 nitrogen and oxygen atoms in total. The van der Waals surface area contributed by atoms with Gasteiger partial charge in [-0.05, 0) is 18.2 Å². The van der Waals surface area contributed by atoms with Crippen molar-refractivity contribution in [3.8, 4) is 0 Å². The number of hydrogen-bond acceptors (Lipinski definition) is 4. The van der Waals surface area contributed by atoms with E-state index in [-0.39, 0.29) is 22.0 Å². The van der Waals surface area contributed by atoms with Crippen LogP contribution in [-0.4, -0.2) is 17.9 Å². The van der Waals surface area contributed by atoms with Gasteiger partial charge in [-0.15, -0.1) is 0 Å². The topological polar surface area (TPSA) is 84.3 Å². The summed E-state index contributed by atoms with van der Waals surface area (Å²) in [5, 5.41) is 16.5. The van der Waals surface area contributed by atoms with Crippen molar-refractivity contribution in [1.82, 2.24) is 0 Å². The monoisotopic (exact) mass is 305 g/mol. The van der Waals surface area contributed by atoms with E-state index in [0.717, 1.165) is 0 Å². The lowest BCUT2D eigenvalue weighted by Crippen LogP contribution is -2.12. The fraction of sp³-hybridized carbons (Fsp3) is 0.0714. The van der Waals surface area contributed by atoms with Gasteiger partial charge in [-0.1, -0.05) is 29.8 Å². The lowest BCUT2D eigenvalue weighted by molar-refractivity contribution is -0.383. The smallest absolute Gasteiger partial charge is 0.294 e. The van der Waals surface area contributed by atoms with Crippen LogP contribution in [0.15, 0.2) is 42.5 Å². The van der Waals surface area contributed by atoms with Crippen LogP contribution in [-0.2, 0) is 0 Å². The van der Waals surface area contributed by atoms with Gasteiger partial charge in [0.2, 0.25) is 0 Å². The molecule has 0 heterocycles. The third kappa shape index (κ3) is 3.29. The Kier molecular flexibility index (Phi) is 4.39. The zero-order chi connectivity index (χ0) is 15.4. The Morgan fingerprint density at radius 3 is 2.48 bits per heavy atom. The molecule has 21 heavy (non-hydrogen) atoms. The molecule has 0 aromatic heterocycles. The number of anilines is 2. The van der Waals surface area contributed by atoms with E-state index < -0.39 is 10.8 Å². The summed E-state index contributed by atoms with van der Waals surface area (Å²) in [6.07, 6.45) is 0. The molecule has 108 valence electrons. The summed E-state index contributed by atoms with van der Waals surface area (Å²) in [7, 11) is 1.53. The first-order chi connectivity index (χ1) is 10.0. The zero-order valence-corrected chi connectivity index (χ0v) is 11.8. The number of rotatable bonds is 4. The van der Waals surface area contributed by atoms with Crippen LogP contribution in [0, 0.1) is 10.1 Å². The van der Waals surface area contributed by atoms with Crippen molar-refractivity contribution in [1.29, 1.82) is 0 Å². The van der Waals surface area contributed by atoms with Gasteiger partial charge in [0.1, 0.15) is 5.69 Å². The number of benzene rings is 2. The second-order valence-electron chi connectivity index (χ2n) is 4.18. The van der Waals surface area contributed by atoms with Gasteiger partial charge in [-0.25, -0.2) is 0 Å². The highest BCUT2D eigenvalue weighted by Crippen LogP contribution is 2.33. The average molecular weight is 306 g/mol. The molecule has 2 rings (SSSR count). The van der Waals surface area contributed by atoms with E-state index in [9.17, 15) is 14.9 Å². The maximum Gasteiger partial charge on any atom is 0.294 e. The van der Waals surface area contributed by atoms with E-state index in [1.165, 1.54) is 19.2 Å². The Bertz CT molecular complexity index is 689. The number of hydrogen-bond donors (Lipinski definition) is 2. The Balaban J connectivity index is 2.36. The minimum absolute atomic E-state index is 0.116. The van der Waals surface area contributed by atoms with Crippen LogP contribution >= 0.6 is 11.6 Å². The minimum atomic E-state index is -0.586. The molecule has 0 aliphatic carbocycles. The third-order valence-corrected chi connectivity index (χ3v) is 3.11. The standard InChI is InChI=1S/C14H12ClN3O3/c1-16-13-11(15)7-9(8-12(13)18(20)21)14(19)17-10-5-3-2-4-6-10/h2-8,16H,1H3,(H,17,19). The van der Waals surface area contributed by atoms with Crippen molar-refractivity contribution in [3.05, 3.63) is 63.2 Å². The summed E-state index contributed by atoms with van der Waals surface area (Å²) >= 11 is 5.98. The van der Waals surface area contributed by atoms with E-state index in [4.69, 9.17) is 11.6 Å². The number of nitro benzene ring substituents is 1. The molecule has 0 radical (unpaired) electrons. The molecule has 0 saturated heterocycles. The Morgan fingerprint density at radius 1 is 1.24 bits per heavy atom. The van der Waals surface area contributed by atoms with Crippen molar-refractivity contribution in [2.24, 2.45) is 0 Å². The molecule has 1 amide bonds. The molecule has 0 fully saturated rings. The number of amides is 1. The number of para-hydroxylation sites is 1. The van der Waals surface area contributed by atoms with Crippen molar-refractivity contribution in [3.63, 3.8) is 0 Å². The molecule has 0 aliphatic rings. The molecule has 0 aliphatic heterocycles. The molecule has 0 bridgehead atoms. The fourth-order valence-corrected chi connectivity index (χ4v) is 2.15. The lowest BCUT2D eigenvalue weighted by atomic mass is 10.1. The summed E-state index contributed by atoms with van der Waals surface area (Å²) in [4.78, 5) is 22.6. The molecule has 7 heteroatoms. The Hall–Kier alpha value is -2.60. The van der Waals surface area contributed by atoms with E-state index in [2.05, 4.69) is 10.6 Å². The summed E-state index contributed by atoms with van der Waals surface area (Å²) < 4.78 is 0. The predicted octanol–water partition coefficient (Wildman–Crippen LogP) is 3.54. The van der Waals surface area contributed by atoms with E-state index >= 15 is 0 Å². The first-order valence-corrected chi connectivity index (χ1v) is 6.43. The second kappa shape index (κ2) is 6.23.